The molecule has 0 aliphatic rings. The van der Waals surface area contributed by atoms with Gasteiger partial charge in [0.25, 0.3) is 0 Å². The Morgan fingerprint density at radius 3 is 2.64 bits per heavy atom. The number of nitrogens with zero attached hydrogens (tertiary/aromatic N) is 3. The zero-order valence-corrected chi connectivity index (χ0v) is 8.57. The van der Waals surface area contributed by atoms with Gasteiger partial charge in [0.2, 0.25) is 0 Å². The number of halogens is 1. The normalized spacial score (nSPS) is 10.4. The first-order valence-electron chi connectivity index (χ1n) is 4.45. The minimum absolute atomic E-state index is 0.733. The van der Waals surface area contributed by atoms with Crippen LogP contribution >= 0.6 is 11.6 Å². The van der Waals surface area contributed by atoms with Crippen molar-refractivity contribution in [3.8, 4) is 11.4 Å². The first kappa shape index (κ1) is 9.21. The third kappa shape index (κ3) is 1.63. The van der Waals surface area contributed by atoms with Crippen molar-refractivity contribution in [3.05, 3.63) is 35.6 Å². The minimum atomic E-state index is 0.733. The summed E-state index contributed by atoms with van der Waals surface area (Å²) in [7, 11) is 0. The maximum atomic E-state index is 5.80. The molecule has 1 aromatic carbocycles. The average Bonchev–Trinajstić information content (AvgIpc) is 2.67. The monoisotopic (exact) mass is 207 g/mol. The van der Waals surface area contributed by atoms with E-state index in [1.807, 2.05) is 28.8 Å². The second-order valence-corrected chi connectivity index (χ2v) is 3.38. The van der Waals surface area contributed by atoms with Crippen LogP contribution in [0.3, 0.4) is 0 Å². The van der Waals surface area contributed by atoms with Crippen molar-refractivity contribution < 1.29 is 0 Å². The Balaban J connectivity index is 2.44. The van der Waals surface area contributed by atoms with Gasteiger partial charge in [0.15, 0.2) is 5.82 Å². The van der Waals surface area contributed by atoms with Gasteiger partial charge < -0.3 is 4.57 Å². The Hall–Kier alpha value is -1.35. The van der Waals surface area contributed by atoms with E-state index in [4.69, 9.17) is 11.6 Å². The molecular weight excluding hydrogens is 198 g/mol. The highest BCUT2D eigenvalue weighted by Gasteiger charge is 2.04. The van der Waals surface area contributed by atoms with Crippen molar-refractivity contribution in [1.29, 1.82) is 0 Å². The van der Waals surface area contributed by atoms with Gasteiger partial charge in [-0.1, -0.05) is 11.6 Å². The van der Waals surface area contributed by atoms with Gasteiger partial charge in [0.1, 0.15) is 6.33 Å². The molecule has 4 heteroatoms. The van der Waals surface area contributed by atoms with E-state index < -0.39 is 0 Å². The standard InChI is InChI=1S/C10H10ClN3/c1-2-14-7-12-13-10(14)8-3-5-9(11)6-4-8/h3-7H,2H2,1H3. The first-order chi connectivity index (χ1) is 6.81. The topological polar surface area (TPSA) is 30.7 Å². The van der Waals surface area contributed by atoms with Gasteiger partial charge in [-0.3, -0.25) is 0 Å². The lowest BCUT2D eigenvalue weighted by Gasteiger charge is -2.02. The zero-order valence-electron chi connectivity index (χ0n) is 7.81. The van der Waals surface area contributed by atoms with E-state index in [-0.39, 0.29) is 0 Å². The lowest BCUT2D eigenvalue weighted by atomic mass is 10.2. The largest absolute Gasteiger partial charge is 0.314 e. The van der Waals surface area contributed by atoms with Crippen LogP contribution in [0, 0.1) is 0 Å². The molecule has 0 amide bonds. The number of rotatable bonds is 2. The second kappa shape index (κ2) is 3.80. The minimum Gasteiger partial charge on any atom is -0.314 e. The predicted octanol–water partition coefficient (Wildman–Crippen LogP) is 2.62. The van der Waals surface area contributed by atoms with E-state index in [9.17, 15) is 0 Å². The third-order valence-corrected chi connectivity index (χ3v) is 2.31. The summed E-state index contributed by atoms with van der Waals surface area (Å²) < 4.78 is 1.99. The van der Waals surface area contributed by atoms with Crippen LogP contribution in [-0.2, 0) is 6.54 Å². The van der Waals surface area contributed by atoms with Crippen molar-refractivity contribution in [2.75, 3.05) is 0 Å². The number of aromatic nitrogens is 3. The fourth-order valence-electron chi connectivity index (χ4n) is 1.31. The van der Waals surface area contributed by atoms with Crippen molar-refractivity contribution in [3.63, 3.8) is 0 Å². The van der Waals surface area contributed by atoms with Crippen LogP contribution in [-0.4, -0.2) is 14.8 Å². The number of hydrogen-bond acceptors (Lipinski definition) is 2. The van der Waals surface area contributed by atoms with Crippen LogP contribution in [0.5, 0.6) is 0 Å². The summed E-state index contributed by atoms with van der Waals surface area (Å²) in [5, 5.41) is 8.66. The summed E-state index contributed by atoms with van der Waals surface area (Å²) in [4.78, 5) is 0. The molecule has 0 aliphatic carbocycles. The summed E-state index contributed by atoms with van der Waals surface area (Å²) in [6.07, 6.45) is 1.73. The van der Waals surface area contributed by atoms with Crippen LogP contribution in [0.15, 0.2) is 30.6 Å². The molecule has 0 saturated heterocycles. The summed E-state index contributed by atoms with van der Waals surface area (Å²) in [6, 6.07) is 7.59. The molecule has 0 unspecified atom stereocenters. The average molecular weight is 208 g/mol. The van der Waals surface area contributed by atoms with Gasteiger partial charge in [0.05, 0.1) is 0 Å². The van der Waals surface area contributed by atoms with Gasteiger partial charge in [-0.15, -0.1) is 10.2 Å². The Labute approximate surface area is 87.3 Å². The summed E-state index contributed by atoms with van der Waals surface area (Å²) in [5.41, 5.74) is 1.04. The molecule has 3 nitrogen and oxygen atoms in total. The maximum absolute atomic E-state index is 5.80. The first-order valence-corrected chi connectivity index (χ1v) is 4.83. The fraction of sp³-hybridized carbons (Fsp3) is 0.200. The van der Waals surface area contributed by atoms with E-state index in [0.29, 0.717) is 0 Å². The molecule has 72 valence electrons. The molecule has 0 radical (unpaired) electrons. The fourth-order valence-corrected chi connectivity index (χ4v) is 1.43. The molecule has 0 aliphatic heterocycles. The van der Waals surface area contributed by atoms with Crippen LogP contribution in [0.25, 0.3) is 11.4 Å². The summed E-state index contributed by atoms with van der Waals surface area (Å²) >= 11 is 5.80. The van der Waals surface area contributed by atoms with Crippen molar-refractivity contribution in [2.24, 2.45) is 0 Å². The SMILES string of the molecule is CCn1cnnc1-c1ccc(Cl)cc1. The Morgan fingerprint density at radius 2 is 2.00 bits per heavy atom. The van der Waals surface area contributed by atoms with Crippen molar-refractivity contribution >= 4 is 11.6 Å². The van der Waals surface area contributed by atoms with Gasteiger partial charge in [-0.25, -0.2) is 0 Å². The zero-order chi connectivity index (χ0) is 9.97. The highest BCUT2D eigenvalue weighted by molar-refractivity contribution is 6.30. The highest BCUT2D eigenvalue weighted by Crippen LogP contribution is 2.18. The smallest absolute Gasteiger partial charge is 0.163 e. The molecular formula is C10H10ClN3. The highest BCUT2D eigenvalue weighted by atomic mass is 35.5. The van der Waals surface area contributed by atoms with E-state index in [0.717, 1.165) is 23.0 Å². The molecule has 14 heavy (non-hydrogen) atoms. The Kier molecular flexibility index (Phi) is 2.50. The van der Waals surface area contributed by atoms with E-state index in [1.54, 1.807) is 6.33 Å². The van der Waals surface area contributed by atoms with E-state index in [2.05, 4.69) is 17.1 Å². The van der Waals surface area contributed by atoms with E-state index in [1.165, 1.54) is 0 Å². The number of hydrogen-bond donors (Lipinski definition) is 0. The molecule has 1 aromatic heterocycles. The molecule has 2 aromatic rings. The summed E-state index contributed by atoms with van der Waals surface area (Å²) in [6.45, 7) is 2.92. The quantitative estimate of drug-likeness (QED) is 0.758. The van der Waals surface area contributed by atoms with Crippen LogP contribution in [0.1, 0.15) is 6.92 Å². The molecule has 0 N–H and O–H groups in total. The molecule has 0 saturated carbocycles. The molecule has 0 bridgehead atoms. The molecule has 0 spiro atoms. The molecule has 0 fully saturated rings. The Morgan fingerprint density at radius 1 is 1.29 bits per heavy atom. The van der Waals surface area contributed by atoms with Crippen LogP contribution in [0.4, 0.5) is 0 Å². The number of benzene rings is 1. The Bertz CT molecular complexity index is 419. The van der Waals surface area contributed by atoms with Crippen molar-refractivity contribution in [2.45, 2.75) is 13.5 Å². The van der Waals surface area contributed by atoms with Gasteiger partial charge in [-0.2, -0.15) is 0 Å². The van der Waals surface area contributed by atoms with Crippen LogP contribution in [0.2, 0.25) is 5.02 Å². The van der Waals surface area contributed by atoms with Crippen molar-refractivity contribution in [1.82, 2.24) is 14.8 Å². The van der Waals surface area contributed by atoms with Gasteiger partial charge in [-0.05, 0) is 31.2 Å². The second-order valence-electron chi connectivity index (χ2n) is 2.95. The van der Waals surface area contributed by atoms with Gasteiger partial charge >= 0.3 is 0 Å². The van der Waals surface area contributed by atoms with E-state index >= 15 is 0 Å². The molecule has 0 atom stereocenters. The third-order valence-electron chi connectivity index (χ3n) is 2.06. The molecule has 2 rings (SSSR count). The predicted molar refractivity (Wildman–Crippen MR) is 56.1 cm³/mol. The molecule has 1 heterocycles. The lowest BCUT2D eigenvalue weighted by Crippen LogP contribution is -1.95. The maximum Gasteiger partial charge on any atom is 0.163 e. The van der Waals surface area contributed by atoms with Gasteiger partial charge in [0, 0.05) is 17.1 Å². The summed E-state index contributed by atoms with van der Waals surface area (Å²) in [5.74, 6) is 0.879. The lowest BCUT2D eigenvalue weighted by molar-refractivity contribution is 0.767. The number of aryl methyl sites for hydroxylation is 1. The van der Waals surface area contributed by atoms with Crippen LogP contribution < -0.4 is 0 Å².